The molecule has 0 spiro atoms. The van der Waals surface area contributed by atoms with Gasteiger partial charge in [-0.3, -0.25) is 0 Å². The van der Waals surface area contributed by atoms with Crippen LogP contribution in [0.1, 0.15) is 0 Å². The van der Waals surface area contributed by atoms with Crippen LogP contribution in [0.2, 0.25) is 15.2 Å². The maximum absolute atomic E-state index is 9.17. The number of pyridine rings is 1. The predicted octanol–water partition coefficient (Wildman–Crippen LogP) is 3.77. The molecule has 0 aliphatic carbocycles. The molecule has 0 bridgehead atoms. The molecule has 2 rings (SSSR count). The van der Waals surface area contributed by atoms with Crippen molar-refractivity contribution >= 4 is 64.4 Å². The summed E-state index contributed by atoms with van der Waals surface area (Å²) in [5.41, 5.74) is 1.30. The van der Waals surface area contributed by atoms with Crippen LogP contribution in [0.25, 0.3) is 11.3 Å². The van der Waals surface area contributed by atoms with Crippen molar-refractivity contribution in [1.29, 1.82) is 0 Å². The second-order valence-electron chi connectivity index (χ2n) is 3.14. The number of aromatic hydroxyl groups is 1. The number of rotatable bonds is 1. The second kappa shape index (κ2) is 6.28. The van der Waals surface area contributed by atoms with E-state index >= 15 is 0 Å². The van der Waals surface area contributed by atoms with E-state index in [1.807, 2.05) is 0 Å². The Kier molecular flexibility index (Phi) is 5.58. The first-order valence-electron chi connectivity index (χ1n) is 4.39. The Morgan fingerprint density at radius 3 is 2.12 bits per heavy atom. The minimum absolute atomic E-state index is 0. The van der Waals surface area contributed by atoms with Crippen molar-refractivity contribution in [1.82, 2.24) is 4.98 Å². The predicted molar refractivity (Wildman–Crippen MR) is 73.5 cm³/mol. The van der Waals surface area contributed by atoms with Gasteiger partial charge in [-0.2, -0.15) is 0 Å². The summed E-state index contributed by atoms with van der Waals surface area (Å²) in [7, 11) is 0. The molecular weight excluding hydrogens is 291 g/mol. The topological polar surface area (TPSA) is 33.1 Å². The molecule has 1 aromatic carbocycles. The molecular formula is C11H7Cl3NNaO. The van der Waals surface area contributed by atoms with Crippen LogP contribution in [0.3, 0.4) is 0 Å². The maximum atomic E-state index is 9.17. The normalized spacial score (nSPS) is 9.82. The van der Waals surface area contributed by atoms with Gasteiger partial charge in [0, 0.05) is 5.56 Å². The first-order valence-corrected chi connectivity index (χ1v) is 5.52. The van der Waals surface area contributed by atoms with Gasteiger partial charge in [0.15, 0.2) is 0 Å². The summed E-state index contributed by atoms with van der Waals surface area (Å²) in [6, 6.07) is 8.05. The number of aromatic nitrogens is 1. The van der Waals surface area contributed by atoms with E-state index in [9.17, 15) is 5.11 Å². The third kappa shape index (κ3) is 3.50. The fourth-order valence-corrected chi connectivity index (χ4v) is 1.87. The molecule has 17 heavy (non-hydrogen) atoms. The fraction of sp³-hybridized carbons (Fsp3) is 0. The number of benzene rings is 1. The first kappa shape index (κ1) is 15.1. The summed E-state index contributed by atoms with van der Waals surface area (Å²) in [5.74, 6) is 0.180. The molecule has 84 valence electrons. The Balaban J connectivity index is 0.00000144. The molecule has 1 heterocycles. The molecule has 2 aromatic rings. The van der Waals surface area contributed by atoms with Gasteiger partial charge in [-0.1, -0.05) is 34.8 Å². The third-order valence-corrected chi connectivity index (χ3v) is 2.99. The van der Waals surface area contributed by atoms with Crippen LogP contribution in [0, 0.1) is 0 Å². The van der Waals surface area contributed by atoms with Gasteiger partial charge in [0.2, 0.25) is 0 Å². The van der Waals surface area contributed by atoms with E-state index in [4.69, 9.17) is 34.8 Å². The Labute approximate surface area is 136 Å². The van der Waals surface area contributed by atoms with Gasteiger partial charge in [0.1, 0.15) is 10.9 Å². The van der Waals surface area contributed by atoms with Gasteiger partial charge in [-0.05, 0) is 30.3 Å². The number of hydrogen-bond donors (Lipinski definition) is 1. The summed E-state index contributed by atoms with van der Waals surface area (Å²) in [6.07, 6.45) is 0. The zero-order chi connectivity index (χ0) is 11.7. The van der Waals surface area contributed by atoms with Crippen LogP contribution >= 0.6 is 34.8 Å². The van der Waals surface area contributed by atoms with E-state index in [0.29, 0.717) is 15.7 Å². The van der Waals surface area contributed by atoms with Gasteiger partial charge >= 0.3 is 29.6 Å². The van der Waals surface area contributed by atoms with Crippen LogP contribution in [0.4, 0.5) is 0 Å². The van der Waals surface area contributed by atoms with E-state index in [0.717, 1.165) is 5.56 Å². The van der Waals surface area contributed by atoms with Crippen molar-refractivity contribution in [2.45, 2.75) is 0 Å². The van der Waals surface area contributed by atoms with Crippen LogP contribution < -0.4 is 0 Å². The molecule has 1 N–H and O–H groups in total. The molecule has 6 heteroatoms. The number of hydrogen-bond acceptors (Lipinski definition) is 2. The molecule has 0 saturated heterocycles. The second-order valence-corrected chi connectivity index (χ2v) is 4.31. The van der Waals surface area contributed by atoms with Crippen molar-refractivity contribution in [3.63, 3.8) is 0 Å². The molecule has 0 radical (unpaired) electrons. The van der Waals surface area contributed by atoms with Crippen molar-refractivity contribution in [3.8, 4) is 17.0 Å². The minimum atomic E-state index is 0. The summed E-state index contributed by atoms with van der Waals surface area (Å²) in [5, 5.41) is 10.1. The van der Waals surface area contributed by atoms with E-state index in [-0.39, 0.29) is 40.5 Å². The van der Waals surface area contributed by atoms with Crippen LogP contribution in [0.5, 0.6) is 5.75 Å². The molecule has 1 aromatic heterocycles. The van der Waals surface area contributed by atoms with E-state index in [1.54, 1.807) is 30.3 Å². The summed E-state index contributed by atoms with van der Waals surface area (Å²) < 4.78 is 0. The number of phenols is 1. The summed E-state index contributed by atoms with van der Waals surface area (Å²) in [6.45, 7) is 0. The van der Waals surface area contributed by atoms with Crippen LogP contribution in [-0.4, -0.2) is 39.6 Å². The number of phenolic OH excluding ortho intramolecular Hbond substituents is 1. The van der Waals surface area contributed by atoms with Crippen molar-refractivity contribution in [2.24, 2.45) is 0 Å². The fourth-order valence-electron chi connectivity index (χ4n) is 1.27. The average Bonchev–Trinajstić information content (AvgIpc) is 2.25. The number of halogens is 3. The molecule has 0 aliphatic heterocycles. The molecule has 0 fully saturated rings. The van der Waals surface area contributed by atoms with Gasteiger partial charge in [0.05, 0.1) is 15.7 Å². The molecule has 0 atom stereocenters. The van der Waals surface area contributed by atoms with E-state index < -0.39 is 0 Å². The third-order valence-electron chi connectivity index (χ3n) is 2.03. The summed E-state index contributed by atoms with van der Waals surface area (Å²) >= 11 is 17.6. The molecule has 0 unspecified atom stereocenters. The zero-order valence-corrected chi connectivity index (χ0v) is 10.2. The Bertz CT molecular complexity index is 531. The van der Waals surface area contributed by atoms with E-state index in [2.05, 4.69) is 4.98 Å². The van der Waals surface area contributed by atoms with Crippen molar-refractivity contribution in [3.05, 3.63) is 45.5 Å². The van der Waals surface area contributed by atoms with Gasteiger partial charge < -0.3 is 5.11 Å². The van der Waals surface area contributed by atoms with Crippen LogP contribution in [-0.2, 0) is 0 Å². The van der Waals surface area contributed by atoms with Gasteiger partial charge in [-0.25, -0.2) is 4.98 Å². The monoisotopic (exact) mass is 297 g/mol. The Morgan fingerprint density at radius 2 is 1.53 bits per heavy atom. The zero-order valence-electron chi connectivity index (χ0n) is 7.92. The quantitative estimate of drug-likeness (QED) is 0.642. The van der Waals surface area contributed by atoms with Crippen molar-refractivity contribution in [2.75, 3.05) is 0 Å². The molecule has 0 saturated carbocycles. The standard InChI is InChI=1S/C11H6Cl3NO.Na.H/c12-8-5-9(13)11(14)15-10(8)6-1-3-7(16)4-2-6;;/h1-5,16H;;. The van der Waals surface area contributed by atoms with E-state index in [1.165, 1.54) is 0 Å². The molecule has 2 nitrogen and oxygen atoms in total. The van der Waals surface area contributed by atoms with Crippen LogP contribution in [0.15, 0.2) is 30.3 Å². The SMILES string of the molecule is Oc1ccc(-c2nc(Cl)c(Cl)cc2Cl)cc1.[NaH]. The van der Waals surface area contributed by atoms with Gasteiger partial charge in [-0.15, -0.1) is 0 Å². The molecule has 0 amide bonds. The Hall–Kier alpha value is 0.0400. The first-order chi connectivity index (χ1) is 7.58. The Morgan fingerprint density at radius 1 is 0.941 bits per heavy atom. The molecule has 0 aliphatic rings. The summed E-state index contributed by atoms with van der Waals surface area (Å²) in [4.78, 5) is 4.09. The number of nitrogens with zero attached hydrogens (tertiary/aromatic N) is 1. The van der Waals surface area contributed by atoms with Crippen molar-refractivity contribution < 1.29 is 5.11 Å². The van der Waals surface area contributed by atoms with Gasteiger partial charge in [0.25, 0.3) is 0 Å². The average molecular weight is 299 g/mol.